The first kappa shape index (κ1) is 66.8. The van der Waals surface area contributed by atoms with Crippen LogP contribution < -0.4 is 0 Å². The Morgan fingerprint density at radius 2 is 0.768 bits per heavy atom. The zero-order valence-electron chi connectivity index (χ0n) is 46.5. The largest absolute Gasteiger partial charge is 0.477 e. The molecule has 2 atom stereocenters. The number of nitrogens with zero attached hydrogens (tertiary/aromatic N) is 1. The lowest BCUT2D eigenvalue weighted by atomic mass is 10.0. The molecule has 0 aliphatic rings. The van der Waals surface area contributed by atoms with E-state index < -0.39 is 18.1 Å². The van der Waals surface area contributed by atoms with Crippen molar-refractivity contribution in [2.45, 2.75) is 309 Å². The Balaban J connectivity index is 4.12. The summed E-state index contributed by atoms with van der Waals surface area (Å²) < 4.78 is 17.4. The first-order valence-electron chi connectivity index (χ1n) is 29.9. The van der Waals surface area contributed by atoms with E-state index >= 15 is 0 Å². The summed E-state index contributed by atoms with van der Waals surface area (Å²) in [5.74, 6) is -1.44. The Bertz CT molecular complexity index is 1180. The van der Waals surface area contributed by atoms with Gasteiger partial charge in [-0.05, 0) is 44.9 Å². The second kappa shape index (κ2) is 52.1. The molecule has 0 aromatic carbocycles. The fraction of sp³-hybridized carbons (Fsp3) is 0.885. The van der Waals surface area contributed by atoms with Crippen LogP contribution in [0.1, 0.15) is 296 Å². The fourth-order valence-electron chi connectivity index (χ4n) is 9.24. The number of aliphatic carboxylic acids is 1. The predicted octanol–water partition coefficient (Wildman–Crippen LogP) is 17.9. The number of hydrogen-bond donors (Lipinski definition) is 1. The van der Waals surface area contributed by atoms with E-state index in [9.17, 15) is 19.5 Å². The van der Waals surface area contributed by atoms with E-state index in [2.05, 4.69) is 38.2 Å². The number of esters is 2. The number of carbonyl (C=O) groups is 3. The minimum Gasteiger partial charge on any atom is -0.477 e. The average molecular weight is 976 g/mol. The lowest BCUT2D eigenvalue weighted by Gasteiger charge is -2.31. The van der Waals surface area contributed by atoms with Crippen LogP contribution in [0.2, 0.25) is 0 Å². The number of likely N-dealkylation sites (N-methyl/N-ethyl adjacent to an activating group) is 1. The third-order valence-corrected chi connectivity index (χ3v) is 13.9. The zero-order valence-corrected chi connectivity index (χ0v) is 46.5. The van der Waals surface area contributed by atoms with Crippen LogP contribution in [0, 0.1) is 0 Å². The molecule has 0 amide bonds. The Hall–Kier alpha value is -2.19. The van der Waals surface area contributed by atoms with Gasteiger partial charge in [-0.1, -0.05) is 256 Å². The summed E-state index contributed by atoms with van der Waals surface area (Å²) in [5, 5.41) is 9.68. The monoisotopic (exact) mass is 975 g/mol. The molecule has 0 heterocycles. The summed E-state index contributed by atoms with van der Waals surface area (Å²) in [6.07, 6.45) is 62.4. The van der Waals surface area contributed by atoms with Gasteiger partial charge in [0.05, 0.1) is 34.4 Å². The van der Waals surface area contributed by atoms with Crippen LogP contribution >= 0.6 is 0 Å². The number of carboxylic acids is 1. The van der Waals surface area contributed by atoms with Crippen molar-refractivity contribution in [3.05, 3.63) is 24.3 Å². The Kier molecular flexibility index (Phi) is 50.5. The zero-order chi connectivity index (χ0) is 50.6. The maximum atomic E-state index is 12.9. The molecule has 0 aliphatic heterocycles. The van der Waals surface area contributed by atoms with E-state index in [-0.39, 0.29) is 36.2 Å². The van der Waals surface area contributed by atoms with Crippen molar-refractivity contribution >= 4 is 17.9 Å². The number of hydrogen-bond acceptors (Lipinski definition) is 6. The van der Waals surface area contributed by atoms with E-state index in [0.717, 1.165) is 44.9 Å². The van der Waals surface area contributed by atoms with Gasteiger partial charge in [-0.25, -0.2) is 4.79 Å². The highest BCUT2D eigenvalue weighted by Gasteiger charge is 2.31. The third-order valence-electron chi connectivity index (χ3n) is 13.9. The van der Waals surface area contributed by atoms with Gasteiger partial charge >= 0.3 is 17.9 Å². The SMILES string of the molecule is CCCCCCC/C=C\C/C=C\CCCCCCCCCCCCCC(=O)OC(COCCC(C(=O)O)[N+](C)(C)C)COC(=O)CCCCCCCCCCCCCCCCCCCCCCCC. The molecule has 0 saturated heterocycles. The van der Waals surface area contributed by atoms with Crippen molar-refractivity contribution in [2.24, 2.45) is 0 Å². The molecular weight excluding hydrogens is 859 g/mol. The number of carbonyl (C=O) groups excluding carboxylic acids is 2. The molecule has 0 aliphatic carbocycles. The molecule has 0 aromatic rings. The van der Waals surface area contributed by atoms with Gasteiger partial charge in [0, 0.05) is 19.3 Å². The topological polar surface area (TPSA) is 99.1 Å². The Morgan fingerprint density at radius 3 is 1.12 bits per heavy atom. The van der Waals surface area contributed by atoms with Crippen LogP contribution in [0.15, 0.2) is 24.3 Å². The van der Waals surface area contributed by atoms with Gasteiger partial charge in [0.25, 0.3) is 0 Å². The van der Waals surface area contributed by atoms with Crippen molar-refractivity contribution in [2.75, 3.05) is 41.0 Å². The summed E-state index contributed by atoms with van der Waals surface area (Å²) in [6, 6.07) is -0.613. The van der Waals surface area contributed by atoms with Crippen LogP contribution in [0.5, 0.6) is 0 Å². The van der Waals surface area contributed by atoms with E-state index in [1.165, 1.54) is 218 Å². The lowest BCUT2D eigenvalue weighted by Crippen LogP contribution is -2.50. The van der Waals surface area contributed by atoms with Crippen LogP contribution in [0.4, 0.5) is 0 Å². The summed E-state index contributed by atoms with van der Waals surface area (Å²) in [4.78, 5) is 37.3. The van der Waals surface area contributed by atoms with Gasteiger partial charge in [0.2, 0.25) is 0 Å². The van der Waals surface area contributed by atoms with Crippen LogP contribution in [-0.2, 0) is 28.6 Å². The second-order valence-corrected chi connectivity index (χ2v) is 21.6. The molecule has 1 N–H and O–H groups in total. The second-order valence-electron chi connectivity index (χ2n) is 21.6. The number of unbranched alkanes of at least 4 members (excludes halogenated alkanes) is 37. The lowest BCUT2D eigenvalue weighted by molar-refractivity contribution is -0.887. The quantitative estimate of drug-likeness (QED) is 0.0280. The highest BCUT2D eigenvalue weighted by Crippen LogP contribution is 2.18. The molecule has 0 radical (unpaired) electrons. The number of allylic oxidation sites excluding steroid dienone is 4. The summed E-state index contributed by atoms with van der Waals surface area (Å²) in [6.45, 7) is 4.79. The summed E-state index contributed by atoms with van der Waals surface area (Å²) in [7, 11) is 5.56. The minimum absolute atomic E-state index is 0.0458. The predicted molar refractivity (Wildman–Crippen MR) is 294 cm³/mol. The van der Waals surface area contributed by atoms with Crippen LogP contribution in [-0.4, -0.2) is 80.6 Å². The van der Waals surface area contributed by atoms with Crippen molar-refractivity contribution in [3.63, 3.8) is 0 Å². The van der Waals surface area contributed by atoms with Crippen LogP contribution in [0.3, 0.4) is 0 Å². The number of quaternary nitrogens is 1. The molecule has 0 fully saturated rings. The van der Waals surface area contributed by atoms with E-state index in [1.54, 1.807) is 0 Å². The minimum atomic E-state index is -0.870. The molecule has 8 nitrogen and oxygen atoms in total. The molecular formula is C61H116NO7+. The van der Waals surface area contributed by atoms with E-state index in [0.29, 0.717) is 19.3 Å². The standard InChI is InChI=1S/C61H115NO7/c1-6-8-10-12-14-16-18-20-22-24-26-28-30-32-34-36-38-40-42-44-46-48-50-52-60(64)69-57(55-67-54-53-58(61(65)66)62(3,4)5)56-68-59(63)51-49-47-45-43-41-39-37-35-33-31-29-27-25-23-21-19-17-15-13-11-9-7-2/h18,20,24,26,57-58H,6-17,19,21-23,25,27-56H2,1-5H3/p+1/b20-18-,26-24-. The van der Waals surface area contributed by atoms with Crippen molar-refractivity contribution in [1.29, 1.82) is 0 Å². The van der Waals surface area contributed by atoms with Crippen LogP contribution in [0.25, 0.3) is 0 Å². The molecule has 0 aromatic heterocycles. The Labute approximate surface area is 428 Å². The van der Waals surface area contributed by atoms with Gasteiger partial charge < -0.3 is 23.8 Å². The van der Waals surface area contributed by atoms with Gasteiger partial charge in [0.1, 0.15) is 6.61 Å². The first-order chi connectivity index (χ1) is 33.6. The number of carboxylic acid groups (broad SMARTS) is 1. The molecule has 69 heavy (non-hydrogen) atoms. The maximum absolute atomic E-state index is 12.9. The van der Waals surface area contributed by atoms with Gasteiger partial charge in [0.15, 0.2) is 12.1 Å². The molecule has 0 bridgehead atoms. The molecule has 406 valence electrons. The molecule has 0 saturated carbocycles. The highest BCUT2D eigenvalue weighted by atomic mass is 16.6. The summed E-state index contributed by atoms with van der Waals surface area (Å²) in [5.41, 5.74) is 0. The molecule has 8 heteroatoms. The molecule has 2 unspecified atom stereocenters. The van der Waals surface area contributed by atoms with E-state index in [4.69, 9.17) is 14.2 Å². The first-order valence-corrected chi connectivity index (χ1v) is 29.9. The van der Waals surface area contributed by atoms with Gasteiger partial charge in [-0.2, -0.15) is 0 Å². The fourth-order valence-corrected chi connectivity index (χ4v) is 9.24. The number of rotatable bonds is 55. The smallest absolute Gasteiger partial charge is 0.362 e. The average Bonchev–Trinajstić information content (AvgIpc) is 3.31. The maximum Gasteiger partial charge on any atom is 0.362 e. The Morgan fingerprint density at radius 1 is 0.435 bits per heavy atom. The van der Waals surface area contributed by atoms with E-state index in [1.807, 2.05) is 21.1 Å². The molecule has 0 rings (SSSR count). The normalized spacial score (nSPS) is 12.9. The van der Waals surface area contributed by atoms with Crippen molar-refractivity contribution < 1.29 is 38.2 Å². The van der Waals surface area contributed by atoms with Gasteiger partial charge in [-0.15, -0.1) is 0 Å². The van der Waals surface area contributed by atoms with Crippen molar-refractivity contribution in [1.82, 2.24) is 0 Å². The van der Waals surface area contributed by atoms with Crippen molar-refractivity contribution in [3.8, 4) is 0 Å². The van der Waals surface area contributed by atoms with Gasteiger partial charge in [-0.3, -0.25) is 9.59 Å². The highest BCUT2D eigenvalue weighted by molar-refractivity contribution is 5.72. The molecule has 0 spiro atoms. The summed E-state index contributed by atoms with van der Waals surface area (Å²) >= 11 is 0. The number of ether oxygens (including phenoxy) is 3. The third kappa shape index (κ3) is 50.5.